The Morgan fingerprint density at radius 1 is 0.457 bits per heavy atom. The van der Waals surface area contributed by atoms with Crippen LogP contribution < -0.4 is 5.32 Å². The third kappa shape index (κ3) is 20.6. The van der Waals surface area contributed by atoms with E-state index in [0.717, 1.165) is 32.7 Å². The highest BCUT2D eigenvalue weighted by Gasteiger charge is 2.35. The summed E-state index contributed by atoms with van der Waals surface area (Å²) >= 11 is 0. The third-order valence-corrected chi connectivity index (χ3v) is 7.80. The minimum Gasteiger partial charge on any atom is -0.349 e. The molecule has 1 rings (SSSR count). The van der Waals surface area contributed by atoms with E-state index in [1.807, 2.05) is 0 Å². The van der Waals surface area contributed by atoms with E-state index in [1.165, 1.54) is 154 Å². The van der Waals surface area contributed by atoms with Gasteiger partial charge in [-0.2, -0.15) is 0 Å². The summed E-state index contributed by atoms with van der Waals surface area (Å²) in [4.78, 5) is 0. The summed E-state index contributed by atoms with van der Waals surface area (Å²) in [7, 11) is 0. The molecule has 1 N–H and O–H groups in total. The van der Waals surface area contributed by atoms with Crippen molar-refractivity contribution in [1.29, 1.82) is 0 Å². The lowest BCUT2D eigenvalue weighted by atomic mass is 10.1. The van der Waals surface area contributed by atoms with Crippen LogP contribution in [0, 0.1) is 0 Å². The molecule has 0 aromatic heterocycles. The molecule has 0 amide bonds. The fraction of sp³-hybridized carbons (Fsp3) is 1.00. The second-order valence-corrected chi connectivity index (χ2v) is 11.3. The van der Waals surface area contributed by atoms with Crippen LogP contribution in [0.15, 0.2) is 0 Å². The molecule has 0 saturated carbocycles. The molecule has 0 aromatic carbocycles. The molecule has 0 spiro atoms. The molecule has 0 aliphatic carbocycles. The normalized spacial score (nSPS) is 15.3. The Morgan fingerprint density at radius 2 is 0.771 bits per heavy atom. The highest BCUT2D eigenvalue weighted by Crippen LogP contribution is 2.23. The van der Waals surface area contributed by atoms with Crippen LogP contribution in [0.3, 0.4) is 0 Å². The van der Waals surface area contributed by atoms with Crippen molar-refractivity contribution >= 4 is 0 Å². The van der Waals surface area contributed by atoms with Crippen LogP contribution in [0.4, 0.5) is 0 Å². The molecule has 0 atom stereocenters. The standard InChI is InChI=1S/C32H65NO2/c1-3-5-7-9-11-13-15-17-19-21-23-25-29-34-32(27-28-33-31-32)35-30-26-24-22-20-18-16-14-12-10-8-6-4-2/h33H,3-31H2,1-2H3. The van der Waals surface area contributed by atoms with Crippen LogP contribution in [0.2, 0.25) is 0 Å². The molecule has 1 aliphatic heterocycles. The second-order valence-electron chi connectivity index (χ2n) is 11.3. The number of ether oxygens (including phenoxy) is 2. The van der Waals surface area contributed by atoms with Gasteiger partial charge in [-0.15, -0.1) is 0 Å². The molecule has 0 unspecified atom stereocenters. The topological polar surface area (TPSA) is 30.5 Å². The molecule has 0 bridgehead atoms. The summed E-state index contributed by atoms with van der Waals surface area (Å²) in [6.07, 6.45) is 34.3. The van der Waals surface area contributed by atoms with Crippen molar-refractivity contribution in [2.45, 2.75) is 180 Å². The summed E-state index contributed by atoms with van der Waals surface area (Å²) in [5, 5.41) is 3.46. The first-order valence-electron chi connectivity index (χ1n) is 16.3. The molecule has 1 fully saturated rings. The molecule has 3 heteroatoms. The maximum atomic E-state index is 6.30. The predicted octanol–water partition coefficient (Wildman–Crippen LogP) is 10.1. The molecule has 210 valence electrons. The number of hydrogen-bond donors (Lipinski definition) is 1. The van der Waals surface area contributed by atoms with Gasteiger partial charge < -0.3 is 14.8 Å². The van der Waals surface area contributed by atoms with Gasteiger partial charge in [0.2, 0.25) is 0 Å². The SMILES string of the molecule is CCCCCCCCCCCCCCOC1(OCCCCCCCCCCCCCC)CCNC1. The first-order chi connectivity index (χ1) is 17.3. The molecule has 35 heavy (non-hydrogen) atoms. The molecule has 1 heterocycles. The van der Waals surface area contributed by atoms with Crippen molar-refractivity contribution in [1.82, 2.24) is 5.32 Å². The fourth-order valence-electron chi connectivity index (χ4n) is 5.34. The smallest absolute Gasteiger partial charge is 0.181 e. The zero-order chi connectivity index (χ0) is 25.1. The molecular weight excluding hydrogens is 430 g/mol. The molecule has 1 saturated heterocycles. The first-order valence-corrected chi connectivity index (χ1v) is 16.3. The van der Waals surface area contributed by atoms with Crippen molar-refractivity contribution in [3.05, 3.63) is 0 Å². The first kappa shape index (κ1) is 32.9. The summed E-state index contributed by atoms with van der Waals surface area (Å²) in [5.41, 5.74) is 0. The van der Waals surface area contributed by atoms with Gasteiger partial charge in [-0.05, 0) is 12.8 Å². The Hall–Kier alpha value is -0.120. The fourth-order valence-corrected chi connectivity index (χ4v) is 5.34. The summed E-state index contributed by atoms with van der Waals surface area (Å²) in [6, 6.07) is 0. The van der Waals surface area contributed by atoms with Crippen molar-refractivity contribution in [2.24, 2.45) is 0 Å². The average molecular weight is 496 g/mol. The summed E-state index contributed by atoms with van der Waals surface area (Å²) in [5.74, 6) is -0.338. The number of hydrogen-bond acceptors (Lipinski definition) is 3. The Morgan fingerprint density at radius 3 is 1.06 bits per heavy atom. The van der Waals surface area contributed by atoms with E-state index in [-0.39, 0.29) is 5.79 Å². The van der Waals surface area contributed by atoms with E-state index in [0.29, 0.717) is 0 Å². The van der Waals surface area contributed by atoms with Gasteiger partial charge in [-0.25, -0.2) is 0 Å². The maximum Gasteiger partial charge on any atom is 0.181 e. The second kappa shape index (κ2) is 25.5. The Labute approximate surface area is 221 Å². The highest BCUT2D eigenvalue weighted by atomic mass is 16.7. The monoisotopic (exact) mass is 496 g/mol. The molecule has 3 nitrogen and oxygen atoms in total. The molecule has 0 radical (unpaired) electrons. The van der Waals surface area contributed by atoms with Crippen LogP contribution in [0.1, 0.15) is 174 Å². The largest absolute Gasteiger partial charge is 0.349 e. The number of nitrogens with one attached hydrogen (secondary N) is 1. The van der Waals surface area contributed by atoms with Crippen molar-refractivity contribution < 1.29 is 9.47 Å². The van der Waals surface area contributed by atoms with Crippen LogP contribution in [0.25, 0.3) is 0 Å². The van der Waals surface area contributed by atoms with E-state index in [4.69, 9.17) is 9.47 Å². The van der Waals surface area contributed by atoms with Gasteiger partial charge in [-0.3, -0.25) is 0 Å². The lowest BCUT2D eigenvalue weighted by Gasteiger charge is -2.29. The van der Waals surface area contributed by atoms with Crippen molar-refractivity contribution in [2.75, 3.05) is 26.3 Å². The minimum absolute atomic E-state index is 0.338. The zero-order valence-electron chi connectivity index (χ0n) is 24.3. The zero-order valence-corrected chi connectivity index (χ0v) is 24.3. The predicted molar refractivity (Wildman–Crippen MR) is 154 cm³/mol. The van der Waals surface area contributed by atoms with E-state index < -0.39 is 0 Å². The van der Waals surface area contributed by atoms with Crippen molar-refractivity contribution in [3.63, 3.8) is 0 Å². The van der Waals surface area contributed by atoms with Gasteiger partial charge in [0, 0.05) is 19.5 Å². The van der Waals surface area contributed by atoms with Crippen LogP contribution in [-0.2, 0) is 9.47 Å². The Kier molecular flexibility index (Phi) is 24.0. The highest BCUT2D eigenvalue weighted by molar-refractivity contribution is 4.81. The minimum atomic E-state index is -0.338. The molecular formula is C32H65NO2. The van der Waals surface area contributed by atoms with Gasteiger partial charge >= 0.3 is 0 Å². The molecule has 0 aromatic rings. The summed E-state index contributed by atoms with van der Waals surface area (Å²) in [6.45, 7) is 8.20. The van der Waals surface area contributed by atoms with E-state index in [9.17, 15) is 0 Å². The Bertz CT molecular complexity index is 376. The third-order valence-electron chi connectivity index (χ3n) is 7.80. The summed E-state index contributed by atoms with van der Waals surface area (Å²) < 4.78 is 12.6. The lowest BCUT2D eigenvalue weighted by Crippen LogP contribution is -2.39. The van der Waals surface area contributed by atoms with Crippen molar-refractivity contribution in [3.8, 4) is 0 Å². The quantitative estimate of drug-likeness (QED) is 0.0865. The van der Waals surface area contributed by atoms with Gasteiger partial charge in [0.05, 0.1) is 13.2 Å². The lowest BCUT2D eigenvalue weighted by molar-refractivity contribution is -0.224. The van der Waals surface area contributed by atoms with Gasteiger partial charge in [0.15, 0.2) is 5.79 Å². The Balaban J connectivity index is 1.89. The molecule has 1 aliphatic rings. The van der Waals surface area contributed by atoms with Crippen LogP contribution in [-0.4, -0.2) is 32.1 Å². The van der Waals surface area contributed by atoms with E-state index >= 15 is 0 Å². The van der Waals surface area contributed by atoms with Gasteiger partial charge in [0.25, 0.3) is 0 Å². The maximum absolute atomic E-state index is 6.30. The van der Waals surface area contributed by atoms with E-state index in [2.05, 4.69) is 19.2 Å². The average Bonchev–Trinajstić information content (AvgIpc) is 3.34. The number of unbranched alkanes of at least 4 members (excludes halogenated alkanes) is 22. The van der Waals surface area contributed by atoms with Crippen LogP contribution in [0.5, 0.6) is 0 Å². The van der Waals surface area contributed by atoms with Gasteiger partial charge in [0.1, 0.15) is 0 Å². The van der Waals surface area contributed by atoms with Gasteiger partial charge in [-0.1, -0.05) is 155 Å². The number of rotatable bonds is 28. The van der Waals surface area contributed by atoms with Crippen LogP contribution >= 0.6 is 0 Å². The van der Waals surface area contributed by atoms with E-state index in [1.54, 1.807) is 0 Å².